The molecular formula is C6H14O4S. The topological polar surface area (TPSA) is 74.6 Å². The minimum Gasteiger partial charge on any atom is -0.393 e. The molecule has 2 unspecified atom stereocenters. The molecular weight excluding hydrogens is 168 g/mol. The predicted octanol–water partition coefficient (Wildman–Crippen LogP) is 0.424. The van der Waals surface area contributed by atoms with Crippen LogP contribution in [0.25, 0.3) is 0 Å². The van der Waals surface area contributed by atoms with Gasteiger partial charge >= 0.3 is 0 Å². The van der Waals surface area contributed by atoms with Crippen LogP contribution in [0.15, 0.2) is 0 Å². The minimum atomic E-state index is -3.91. The Bertz CT molecular complexity index is 195. The van der Waals surface area contributed by atoms with E-state index in [1.165, 1.54) is 6.92 Å². The Morgan fingerprint density at radius 3 is 2.00 bits per heavy atom. The van der Waals surface area contributed by atoms with E-state index in [0.29, 0.717) is 6.42 Å². The minimum absolute atomic E-state index is 0.288. The van der Waals surface area contributed by atoms with Crippen molar-refractivity contribution in [1.29, 1.82) is 0 Å². The quantitative estimate of drug-likeness (QED) is 0.618. The van der Waals surface area contributed by atoms with E-state index in [9.17, 15) is 8.42 Å². The molecule has 5 heteroatoms. The van der Waals surface area contributed by atoms with Crippen LogP contribution in [0.4, 0.5) is 0 Å². The number of aliphatic hydroxyl groups is 1. The Morgan fingerprint density at radius 1 is 1.27 bits per heavy atom. The molecule has 0 rings (SSSR count). The van der Waals surface area contributed by atoms with Gasteiger partial charge < -0.3 is 5.11 Å². The Kier molecular flexibility index (Phi) is 3.99. The van der Waals surface area contributed by atoms with E-state index in [0.717, 1.165) is 0 Å². The summed E-state index contributed by atoms with van der Waals surface area (Å²) in [6, 6.07) is 0. The van der Waals surface area contributed by atoms with E-state index < -0.39 is 21.5 Å². The van der Waals surface area contributed by atoms with Gasteiger partial charge in [0.2, 0.25) is 0 Å². The van der Waals surface area contributed by atoms with Crippen LogP contribution in [-0.2, 0) is 10.1 Å². The lowest BCUT2D eigenvalue weighted by Gasteiger charge is -2.08. The fourth-order valence-corrected chi connectivity index (χ4v) is 1.06. The van der Waals surface area contributed by atoms with Gasteiger partial charge in [-0.3, -0.25) is 4.55 Å². The van der Waals surface area contributed by atoms with Crippen LogP contribution in [0.3, 0.4) is 0 Å². The highest BCUT2D eigenvalue weighted by atomic mass is 32.2. The van der Waals surface area contributed by atoms with Crippen molar-refractivity contribution in [3.63, 3.8) is 0 Å². The van der Waals surface area contributed by atoms with Crippen LogP contribution >= 0.6 is 0 Å². The normalized spacial score (nSPS) is 17.8. The molecule has 0 fully saturated rings. The molecule has 0 aromatic carbocycles. The number of hydrogen-bond donors (Lipinski definition) is 2. The van der Waals surface area contributed by atoms with Crippen LogP contribution in [0.5, 0.6) is 0 Å². The second-order valence-corrected chi connectivity index (χ2v) is 4.59. The second kappa shape index (κ2) is 4.04. The van der Waals surface area contributed by atoms with Crippen molar-refractivity contribution in [3.05, 3.63) is 0 Å². The molecule has 68 valence electrons. The van der Waals surface area contributed by atoms with Gasteiger partial charge in [-0.25, -0.2) is 0 Å². The smallest absolute Gasteiger partial charge is 0.267 e. The summed E-state index contributed by atoms with van der Waals surface area (Å²) < 4.78 is 29.3. The van der Waals surface area contributed by atoms with Crippen molar-refractivity contribution < 1.29 is 18.1 Å². The molecule has 0 aliphatic heterocycles. The summed E-state index contributed by atoms with van der Waals surface area (Å²) in [7, 11) is -3.91. The van der Waals surface area contributed by atoms with Crippen molar-refractivity contribution in [2.45, 2.75) is 38.0 Å². The maximum atomic E-state index is 10.4. The summed E-state index contributed by atoms with van der Waals surface area (Å²) in [5, 5.41) is 8.01. The highest BCUT2D eigenvalue weighted by Crippen LogP contribution is 2.07. The summed E-state index contributed by atoms with van der Waals surface area (Å²) >= 11 is 0. The van der Waals surface area contributed by atoms with Crippen molar-refractivity contribution in [2.75, 3.05) is 0 Å². The zero-order valence-corrected chi connectivity index (χ0v) is 7.50. The first kappa shape index (κ1) is 10.9. The molecule has 2 atom stereocenters. The molecule has 11 heavy (non-hydrogen) atoms. The molecule has 0 saturated heterocycles. The summed E-state index contributed by atoms with van der Waals surface area (Å²) in [5.74, 6) is 0. The molecule has 0 spiro atoms. The van der Waals surface area contributed by atoms with Crippen molar-refractivity contribution >= 4 is 10.1 Å². The van der Waals surface area contributed by atoms with Crippen LogP contribution in [0, 0.1) is 0 Å². The standard InChI is InChI=1S/C6H14O4S/c1-5(7)3-4-6(2)11(8,9)10/h5-7H,3-4H2,1-2H3,(H,8,9,10). The third kappa shape index (κ3) is 5.17. The van der Waals surface area contributed by atoms with Gasteiger partial charge in [-0.05, 0) is 26.7 Å². The van der Waals surface area contributed by atoms with Crippen LogP contribution in [0.2, 0.25) is 0 Å². The largest absolute Gasteiger partial charge is 0.393 e. The molecule has 4 nitrogen and oxygen atoms in total. The first-order valence-electron chi connectivity index (χ1n) is 3.48. The van der Waals surface area contributed by atoms with E-state index in [1.54, 1.807) is 6.92 Å². The van der Waals surface area contributed by atoms with Gasteiger partial charge in [0.05, 0.1) is 11.4 Å². The van der Waals surface area contributed by atoms with Gasteiger partial charge in [0, 0.05) is 0 Å². The van der Waals surface area contributed by atoms with E-state index in [1.807, 2.05) is 0 Å². The third-order valence-corrected chi connectivity index (χ3v) is 2.75. The Labute approximate surface area is 67.0 Å². The Balaban J connectivity index is 3.81. The maximum Gasteiger partial charge on any atom is 0.267 e. The number of hydrogen-bond acceptors (Lipinski definition) is 3. The molecule has 0 aromatic rings. The van der Waals surface area contributed by atoms with Gasteiger partial charge in [0.25, 0.3) is 10.1 Å². The van der Waals surface area contributed by atoms with Gasteiger partial charge in [0.1, 0.15) is 0 Å². The average molecular weight is 182 g/mol. The fourth-order valence-electron chi connectivity index (χ4n) is 0.625. The maximum absolute atomic E-state index is 10.4. The molecule has 0 bridgehead atoms. The molecule has 0 saturated carbocycles. The molecule has 0 radical (unpaired) electrons. The number of rotatable bonds is 4. The molecule has 0 heterocycles. The lowest BCUT2D eigenvalue weighted by Crippen LogP contribution is -2.18. The van der Waals surface area contributed by atoms with E-state index in [4.69, 9.17) is 9.66 Å². The molecule has 2 N–H and O–H groups in total. The van der Waals surface area contributed by atoms with E-state index >= 15 is 0 Å². The summed E-state index contributed by atoms with van der Waals surface area (Å²) in [5.41, 5.74) is 0. The molecule has 0 amide bonds. The second-order valence-electron chi connectivity index (χ2n) is 2.75. The lowest BCUT2D eigenvalue weighted by molar-refractivity contribution is 0.181. The Hall–Kier alpha value is -0.130. The molecule has 0 aliphatic rings. The lowest BCUT2D eigenvalue weighted by atomic mass is 10.2. The monoisotopic (exact) mass is 182 g/mol. The van der Waals surface area contributed by atoms with Gasteiger partial charge in [-0.1, -0.05) is 0 Å². The highest BCUT2D eigenvalue weighted by Gasteiger charge is 2.16. The van der Waals surface area contributed by atoms with Gasteiger partial charge in [-0.2, -0.15) is 8.42 Å². The predicted molar refractivity (Wildman–Crippen MR) is 41.9 cm³/mol. The summed E-state index contributed by atoms with van der Waals surface area (Å²) in [6.07, 6.45) is 0.163. The van der Waals surface area contributed by atoms with E-state index in [-0.39, 0.29) is 6.42 Å². The van der Waals surface area contributed by atoms with Crippen LogP contribution in [-0.4, -0.2) is 29.4 Å². The summed E-state index contributed by atoms with van der Waals surface area (Å²) in [4.78, 5) is 0. The zero-order chi connectivity index (χ0) is 9.07. The zero-order valence-electron chi connectivity index (χ0n) is 6.69. The fraction of sp³-hybridized carbons (Fsp3) is 1.00. The van der Waals surface area contributed by atoms with Gasteiger partial charge in [-0.15, -0.1) is 0 Å². The van der Waals surface area contributed by atoms with Crippen molar-refractivity contribution in [1.82, 2.24) is 0 Å². The molecule has 0 aromatic heterocycles. The summed E-state index contributed by atoms with van der Waals surface area (Å²) in [6.45, 7) is 2.99. The van der Waals surface area contributed by atoms with E-state index in [2.05, 4.69) is 0 Å². The SMILES string of the molecule is CC(O)CCC(C)S(=O)(=O)O. The van der Waals surface area contributed by atoms with Crippen LogP contribution in [0.1, 0.15) is 26.7 Å². The molecule has 0 aliphatic carbocycles. The Morgan fingerprint density at radius 2 is 1.73 bits per heavy atom. The van der Waals surface area contributed by atoms with Crippen molar-refractivity contribution in [3.8, 4) is 0 Å². The highest BCUT2D eigenvalue weighted by molar-refractivity contribution is 7.86. The number of aliphatic hydroxyl groups excluding tert-OH is 1. The van der Waals surface area contributed by atoms with Crippen molar-refractivity contribution in [2.24, 2.45) is 0 Å². The third-order valence-electron chi connectivity index (χ3n) is 1.50. The average Bonchev–Trinajstić information content (AvgIpc) is 1.80. The first-order chi connectivity index (χ1) is 4.84. The van der Waals surface area contributed by atoms with Crippen LogP contribution < -0.4 is 0 Å². The first-order valence-corrected chi connectivity index (χ1v) is 4.98. The van der Waals surface area contributed by atoms with Gasteiger partial charge in [0.15, 0.2) is 0 Å².